The van der Waals surface area contributed by atoms with Crippen LogP contribution in [-0.4, -0.2) is 22.4 Å². The highest BCUT2D eigenvalue weighted by molar-refractivity contribution is 6.35. The number of ether oxygens (including phenoxy) is 2. The summed E-state index contributed by atoms with van der Waals surface area (Å²) in [4.78, 5) is 29.1. The Labute approximate surface area is 182 Å². The maximum absolute atomic E-state index is 13.1. The van der Waals surface area contributed by atoms with Crippen molar-refractivity contribution < 1.29 is 14.3 Å². The van der Waals surface area contributed by atoms with E-state index in [1.807, 2.05) is 6.07 Å². The Morgan fingerprint density at radius 2 is 1.93 bits per heavy atom. The number of hydrogen-bond acceptors (Lipinski definition) is 6. The van der Waals surface area contributed by atoms with Gasteiger partial charge in [-0.25, -0.2) is 4.98 Å². The molecular formula is C21H15Cl2N3O4. The minimum absolute atomic E-state index is 0.0238. The number of ketones is 1. The van der Waals surface area contributed by atoms with Crippen LogP contribution in [0.5, 0.6) is 17.2 Å². The molecule has 1 aromatic heterocycles. The predicted octanol–water partition coefficient (Wildman–Crippen LogP) is 4.47. The summed E-state index contributed by atoms with van der Waals surface area (Å²) in [6, 6.07) is 11.8. The van der Waals surface area contributed by atoms with Crippen LogP contribution >= 0.6 is 23.2 Å². The van der Waals surface area contributed by atoms with Gasteiger partial charge in [0, 0.05) is 18.0 Å². The van der Waals surface area contributed by atoms with Gasteiger partial charge in [0.15, 0.2) is 11.5 Å². The van der Waals surface area contributed by atoms with Crippen molar-refractivity contribution in [3.8, 4) is 23.3 Å². The van der Waals surface area contributed by atoms with E-state index in [4.69, 9.17) is 32.7 Å². The van der Waals surface area contributed by atoms with Crippen molar-refractivity contribution in [1.29, 1.82) is 5.26 Å². The Balaban J connectivity index is 2.06. The lowest BCUT2D eigenvalue weighted by Gasteiger charge is -2.13. The number of rotatable bonds is 6. The van der Waals surface area contributed by atoms with Crippen molar-refractivity contribution in [1.82, 2.24) is 9.55 Å². The fraction of sp³-hybridized carbons (Fsp3) is 0.143. The van der Waals surface area contributed by atoms with Crippen molar-refractivity contribution in [3.05, 3.63) is 79.9 Å². The summed E-state index contributed by atoms with van der Waals surface area (Å²) in [6.07, 6.45) is 1.27. The third kappa shape index (κ3) is 4.46. The number of nitriles is 1. The van der Waals surface area contributed by atoms with Gasteiger partial charge in [0.05, 0.1) is 25.5 Å². The fourth-order valence-corrected chi connectivity index (χ4v) is 3.08. The Hall–Kier alpha value is -3.34. The second kappa shape index (κ2) is 8.99. The Bertz CT molecular complexity index is 1210. The number of carbonyl (C=O) groups is 1. The van der Waals surface area contributed by atoms with Gasteiger partial charge in [0.25, 0.3) is 5.56 Å². The van der Waals surface area contributed by atoms with Gasteiger partial charge < -0.3 is 9.47 Å². The van der Waals surface area contributed by atoms with Crippen molar-refractivity contribution in [2.75, 3.05) is 7.11 Å². The van der Waals surface area contributed by atoms with Gasteiger partial charge in [-0.1, -0.05) is 35.3 Å². The van der Waals surface area contributed by atoms with Crippen LogP contribution in [0.2, 0.25) is 10.0 Å². The highest BCUT2D eigenvalue weighted by Crippen LogP contribution is 2.34. The average Bonchev–Trinajstić information content (AvgIpc) is 2.73. The molecule has 7 nitrogen and oxygen atoms in total. The number of nitrogens with zero attached hydrogens (tertiary/aromatic N) is 3. The van der Waals surface area contributed by atoms with Crippen LogP contribution in [-0.2, 0) is 6.54 Å². The molecule has 0 spiro atoms. The molecule has 9 heteroatoms. The van der Waals surface area contributed by atoms with Crippen LogP contribution in [0.25, 0.3) is 0 Å². The maximum Gasteiger partial charge on any atom is 0.297 e. The zero-order valence-electron chi connectivity index (χ0n) is 16.0. The smallest absolute Gasteiger partial charge is 0.297 e. The van der Waals surface area contributed by atoms with E-state index in [0.717, 1.165) is 5.56 Å². The molecule has 0 radical (unpaired) electrons. The molecule has 2 aromatic carbocycles. The monoisotopic (exact) mass is 443 g/mol. The summed E-state index contributed by atoms with van der Waals surface area (Å²) in [5.41, 5.74) is 0.154. The number of benzene rings is 2. The zero-order valence-corrected chi connectivity index (χ0v) is 17.5. The van der Waals surface area contributed by atoms with Gasteiger partial charge in [-0.05, 0) is 23.8 Å². The maximum atomic E-state index is 13.1. The van der Waals surface area contributed by atoms with Crippen molar-refractivity contribution >= 4 is 29.0 Å². The van der Waals surface area contributed by atoms with Crippen LogP contribution in [0.15, 0.2) is 47.5 Å². The summed E-state index contributed by atoms with van der Waals surface area (Å²) < 4.78 is 12.1. The third-order valence-electron chi connectivity index (χ3n) is 4.18. The molecule has 0 aliphatic carbocycles. The van der Waals surface area contributed by atoms with E-state index in [2.05, 4.69) is 4.98 Å². The second-order valence-corrected chi connectivity index (χ2v) is 7.05. The van der Waals surface area contributed by atoms with Crippen molar-refractivity contribution in [3.63, 3.8) is 0 Å². The van der Waals surface area contributed by atoms with E-state index < -0.39 is 11.3 Å². The Morgan fingerprint density at radius 3 is 2.53 bits per heavy atom. The first-order valence-electron chi connectivity index (χ1n) is 8.64. The molecule has 0 N–H and O–H groups in total. The molecule has 0 fully saturated rings. The molecule has 0 bridgehead atoms. The SMILES string of the molecule is COc1ccc(Cn2cnc(C(C)=O)c(Oc3cc(Cl)cc(C#N)c3Cl)c2=O)cc1. The summed E-state index contributed by atoms with van der Waals surface area (Å²) in [5, 5.41) is 9.35. The lowest BCUT2D eigenvalue weighted by molar-refractivity contribution is 0.101. The molecular weight excluding hydrogens is 429 g/mol. The molecule has 0 saturated heterocycles. The molecule has 152 valence electrons. The van der Waals surface area contributed by atoms with Crippen LogP contribution in [0.4, 0.5) is 0 Å². The first-order valence-corrected chi connectivity index (χ1v) is 9.40. The largest absolute Gasteiger partial charge is 0.497 e. The highest BCUT2D eigenvalue weighted by Gasteiger charge is 2.20. The molecule has 0 unspecified atom stereocenters. The summed E-state index contributed by atoms with van der Waals surface area (Å²) in [7, 11) is 1.56. The van der Waals surface area contributed by atoms with Gasteiger partial charge in [0.1, 0.15) is 22.6 Å². The van der Waals surface area contributed by atoms with Crippen LogP contribution in [0.1, 0.15) is 28.5 Å². The van der Waals surface area contributed by atoms with E-state index in [9.17, 15) is 14.9 Å². The topological polar surface area (TPSA) is 94.2 Å². The van der Waals surface area contributed by atoms with Crippen LogP contribution in [0, 0.1) is 11.3 Å². The van der Waals surface area contributed by atoms with Gasteiger partial charge in [-0.2, -0.15) is 5.26 Å². The number of aromatic nitrogens is 2. The zero-order chi connectivity index (χ0) is 21.8. The predicted molar refractivity (Wildman–Crippen MR) is 112 cm³/mol. The van der Waals surface area contributed by atoms with Gasteiger partial charge in [0.2, 0.25) is 5.75 Å². The van der Waals surface area contributed by atoms with Gasteiger partial charge in [-0.15, -0.1) is 0 Å². The molecule has 3 aromatic rings. The van der Waals surface area contributed by atoms with Crippen LogP contribution in [0.3, 0.4) is 0 Å². The molecule has 0 atom stereocenters. The van der Waals surface area contributed by atoms with E-state index in [0.29, 0.717) is 5.75 Å². The molecule has 0 aliphatic heterocycles. The number of methoxy groups -OCH3 is 1. The summed E-state index contributed by atoms with van der Waals surface area (Å²) >= 11 is 12.2. The number of halogens is 2. The Morgan fingerprint density at radius 1 is 1.23 bits per heavy atom. The molecule has 1 heterocycles. The van der Waals surface area contributed by atoms with Crippen LogP contribution < -0.4 is 15.0 Å². The molecule has 3 rings (SSSR count). The van der Waals surface area contributed by atoms with E-state index in [1.165, 1.54) is 30.0 Å². The average molecular weight is 444 g/mol. The molecule has 0 saturated carbocycles. The lowest BCUT2D eigenvalue weighted by atomic mass is 10.2. The molecule has 0 aliphatic rings. The van der Waals surface area contributed by atoms with Gasteiger partial charge >= 0.3 is 0 Å². The lowest BCUT2D eigenvalue weighted by Crippen LogP contribution is -2.25. The first-order chi connectivity index (χ1) is 14.3. The quantitative estimate of drug-likeness (QED) is 0.521. The van der Waals surface area contributed by atoms with Gasteiger partial charge in [-0.3, -0.25) is 14.2 Å². The number of Topliss-reactive ketones (excluding diaryl/α,β-unsaturated/α-hetero) is 1. The molecule has 30 heavy (non-hydrogen) atoms. The van der Waals surface area contributed by atoms with E-state index in [-0.39, 0.29) is 39.3 Å². The summed E-state index contributed by atoms with van der Waals surface area (Å²) in [5.74, 6) is -0.0997. The first kappa shape index (κ1) is 21.4. The Kier molecular flexibility index (Phi) is 6.40. The molecule has 0 amide bonds. The number of hydrogen-bond donors (Lipinski definition) is 0. The third-order valence-corrected chi connectivity index (χ3v) is 4.79. The number of carbonyl (C=O) groups excluding carboxylic acids is 1. The minimum atomic E-state index is -0.583. The fourth-order valence-electron chi connectivity index (χ4n) is 2.68. The minimum Gasteiger partial charge on any atom is -0.497 e. The standard InChI is InChI=1S/C21H15Cl2N3O4/c1-12(27)19-20(30-17-8-15(22)7-14(9-24)18(17)23)21(28)26(11-25-19)10-13-3-5-16(29-2)6-4-13/h3-8,11H,10H2,1-2H3. The van der Waals surface area contributed by atoms with Crippen molar-refractivity contribution in [2.24, 2.45) is 0 Å². The second-order valence-electron chi connectivity index (χ2n) is 6.24. The van der Waals surface area contributed by atoms with E-state index >= 15 is 0 Å². The van der Waals surface area contributed by atoms with Crippen molar-refractivity contribution in [2.45, 2.75) is 13.5 Å². The van der Waals surface area contributed by atoms with E-state index in [1.54, 1.807) is 31.4 Å². The highest BCUT2D eigenvalue weighted by atomic mass is 35.5. The summed E-state index contributed by atoms with van der Waals surface area (Å²) in [6.45, 7) is 1.46. The normalized spacial score (nSPS) is 10.4.